The van der Waals surface area contributed by atoms with E-state index in [0.717, 1.165) is 6.07 Å². The molecular formula is C11H10F3N3O2. The normalized spacial score (nSPS) is 12.1. The van der Waals surface area contributed by atoms with Crippen molar-refractivity contribution in [2.75, 3.05) is 0 Å². The van der Waals surface area contributed by atoms with Crippen molar-refractivity contribution in [2.24, 2.45) is 0 Å². The van der Waals surface area contributed by atoms with E-state index in [9.17, 15) is 18.0 Å². The molecule has 0 saturated heterocycles. The Morgan fingerprint density at radius 2 is 2.00 bits per heavy atom. The highest BCUT2D eigenvalue weighted by molar-refractivity contribution is 5.46. The van der Waals surface area contributed by atoms with Gasteiger partial charge in [0.15, 0.2) is 5.82 Å². The molecule has 0 atom stereocenters. The Hall–Kier alpha value is -2.12. The number of aromatic nitrogens is 3. The number of nitrogens with zero attached hydrogens (tertiary/aromatic N) is 2. The van der Waals surface area contributed by atoms with Crippen molar-refractivity contribution in [1.29, 1.82) is 0 Å². The minimum atomic E-state index is -4.69. The van der Waals surface area contributed by atoms with Crippen molar-refractivity contribution in [2.45, 2.75) is 25.9 Å². The first kappa shape index (κ1) is 13.3. The molecule has 0 spiro atoms. The first-order valence-electron chi connectivity index (χ1n) is 5.43. The van der Waals surface area contributed by atoms with Crippen LogP contribution in [-0.2, 0) is 6.18 Å². The Morgan fingerprint density at radius 3 is 2.47 bits per heavy atom. The molecule has 0 saturated carbocycles. The second kappa shape index (κ2) is 4.52. The highest BCUT2D eigenvalue weighted by Crippen LogP contribution is 2.27. The molecule has 2 aromatic heterocycles. The van der Waals surface area contributed by atoms with E-state index in [1.54, 1.807) is 0 Å². The molecule has 2 rings (SSSR count). The van der Waals surface area contributed by atoms with E-state index in [0.29, 0.717) is 11.9 Å². The number of pyridine rings is 1. The lowest BCUT2D eigenvalue weighted by molar-refractivity contribution is -0.138. The number of nitrogens with one attached hydrogen (secondary N) is 1. The Bertz CT molecular complexity index is 643. The van der Waals surface area contributed by atoms with Gasteiger partial charge in [0.05, 0.1) is 0 Å². The number of aromatic amines is 1. The zero-order valence-corrected chi connectivity index (χ0v) is 10.1. The third-order valence-electron chi connectivity index (χ3n) is 2.40. The summed E-state index contributed by atoms with van der Waals surface area (Å²) in [5, 5.41) is 3.66. The van der Waals surface area contributed by atoms with Crippen LogP contribution in [0.25, 0.3) is 11.6 Å². The summed E-state index contributed by atoms with van der Waals surface area (Å²) in [6, 6.07) is 1.77. The lowest BCUT2D eigenvalue weighted by Gasteiger charge is -2.04. The standard InChI is InChI=1S/C11H10F3N3O2/c1-5(2)8-16-10(19-17-8)7-4-3-6(9(18)15-7)11(12,13)14/h3-5H,1-2H3,(H,15,18). The molecule has 8 heteroatoms. The summed E-state index contributed by atoms with van der Waals surface area (Å²) in [5.41, 5.74) is -2.45. The van der Waals surface area contributed by atoms with E-state index in [-0.39, 0.29) is 17.5 Å². The fraction of sp³-hybridized carbons (Fsp3) is 0.364. The van der Waals surface area contributed by atoms with E-state index >= 15 is 0 Å². The summed E-state index contributed by atoms with van der Waals surface area (Å²) in [5.74, 6) is 0.406. The molecule has 102 valence electrons. The minimum Gasteiger partial charge on any atom is -0.332 e. The van der Waals surface area contributed by atoms with Crippen molar-refractivity contribution in [1.82, 2.24) is 15.1 Å². The Kier molecular flexibility index (Phi) is 3.17. The SMILES string of the molecule is CC(C)c1noc(-c2ccc(C(F)(F)F)c(=O)[nH]2)n1. The first-order valence-corrected chi connectivity index (χ1v) is 5.43. The van der Waals surface area contributed by atoms with Crippen molar-refractivity contribution in [3.05, 3.63) is 33.9 Å². The van der Waals surface area contributed by atoms with Crippen LogP contribution >= 0.6 is 0 Å². The molecule has 0 fully saturated rings. The monoisotopic (exact) mass is 273 g/mol. The van der Waals surface area contributed by atoms with Gasteiger partial charge in [-0.25, -0.2) is 0 Å². The third kappa shape index (κ3) is 2.67. The van der Waals surface area contributed by atoms with Crippen molar-refractivity contribution in [3.8, 4) is 11.6 Å². The maximum Gasteiger partial charge on any atom is 0.421 e. The molecule has 0 unspecified atom stereocenters. The van der Waals surface area contributed by atoms with E-state index in [1.807, 2.05) is 13.8 Å². The molecular weight excluding hydrogens is 263 g/mol. The first-order chi connectivity index (χ1) is 8.79. The molecule has 2 heterocycles. The number of H-pyrrole nitrogens is 1. The maximum atomic E-state index is 12.4. The van der Waals surface area contributed by atoms with E-state index in [1.165, 1.54) is 0 Å². The van der Waals surface area contributed by atoms with E-state index in [2.05, 4.69) is 15.1 Å². The van der Waals surface area contributed by atoms with Crippen LogP contribution in [-0.4, -0.2) is 15.1 Å². The minimum absolute atomic E-state index is 0.0127. The van der Waals surface area contributed by atoms with Gasteiger partial charge in [-0.2, -0.15) is 18.2 Å². The Labute approximate surface area is 105 Å². The molecule has 0 aromatic carbocycles. The summed E-state index contributed by atoms with van der Waals surface area (Å²) in [7, 11) is 0. The fourth-order valence-electron chi connectivity index (χ4n) is 1.40. The van der Waals surface area contributed by atoms with Crippen LogP contribution in [0.15, 0.2) is 21.5 Å². The largest absolute Gasteiger partial charge is 0.421 e. The van der Waals surface area contributed by atoms with Gasteiger partial charge in [-0.3, -0.25) is 4.79 Å². The molecule has 1 N–H and O–H groups in total. The lowest BCUT2D eigenvalue weighted by atomic mass is 10.2. The average Bonchev–Trinajstić information content (AvgIpc) is 2.76. The number of rotatable bonds is 2. The van der Waals surface area contributed by atoms with Crippen LogP contribution in [0, 0.1) is 0 Å². The molecule has 0 aliphatic carbocycles. The van der Waals surface area contributed by atoms with Gasteiger partial charge in [-0.05, 0) is 12.1 Å². The second-order valence-electron chi connectivity index (χ2n) is 4.22. The summed E-state index contributed by atoms with van der Waals surface area (Å²) in [6.07, 6.45) is -4.69. The van der Waals surface area contributed by atoms with Crippen molar-refractivity contribution in [3.63, 3.8) is 0 Å². The molecule has 0 aliphatic heterocycles. The molecule has 5 nitrogen and oxygen atoms in total. The highest BCUT2D eigenvalue weighted by Gasteiger charge is 2.34. The van der Waals surface area contributed by atoms with Crippen LogP contribution in [0.1, 0.15) is 31.2 Å². The van der Waals surface area contributed by atoms with Crippen LogP contribution in [0.3, 0.4) is 0 Å². The summed E-state index contributed by atoms with van der Waals surface area (Å²) < 4.78 is 42.1. The van der Waals surface area contributed by atoms with Crippen molar-refractivity contribution < 1.29 is 17.7 Å². The number of halogens is 3. The van der Waals surface area contributed by atoms with Gasteiger partial charge < -0.3 is 9.51 Å². The zero-order chi connectivity index (χ0) is 14.2. The molecule has 0 radical (unpaired) electrons. The quantitative estimate of drug-likeness (QED) is 0.912. The summed E-state index contributed by atoms with van der Waals surface area (Å²) >= 11 is 0. The second-order valence-corrected chi connectivity index (χ2v) is 4.22. The van der Waals surface area contributed by atoms with E-state index in [4.69, 9.17) is 4.52 Å². The molecule has 0 amide bonds. The fourth-order valence-corrected chi connectivity index (χ4v) is 1.40. The number of hydrogen-bond donors (Lipinski definition) is 1. The predicted molar refractivity (Wildman–Crippen MR) is 59.4 cm³/mol. The van der Waals surface area contributed by atoms with Gasteiger partial charge in [0.25, 0.3) is 11.4 Å². The molecule has 19 heavy (non-hydrogen) atoms. The molecule has 0 bridgehead atoms. The summed E-state index contributed by atoms with van der Waals surface area (Å²) in [6.45, 7) is 3.67. The van der Waals surface area contributed by atoms with Crippen LogP contribution in [0.2, 0.25) is 0 Å². The smallest absolute Gasteiger partial charge is 0.332 e. The summed E-state index contributed by atoms with van der Waals surface area (Å²) in [4.78, 5) is 17.4. The van der Waals surface area contributed by atoms with Gasteiger partial charge in [0, 0.05) is 5.92 Å². The van der Waals surface area contributed by atoms with Crippen molar-refractivity contribution >= 4 is 0 Å². The van der Waals surface area contributed by atoms with Crippen LogP contribution in [0.4, 0.5) is 13.2 Å². The van der Waals surface area contributed by atoms with Crippen LogP contribution < -0.4 is 5.56 Å². The molecule has 0 aliphatic rings. The zero-order valence-electron chi connectivity index (χ0n) is 10.1. The van der Waals surface area contributed by atoms with Gasteiger partial charge in [0.2, 0.25) is 0 Å². The Balaban J connectivity index is 2.42. The van der Waals surface area contributed by atoms with E-state index < -0.39 is 17.3 Å². The third-order valence-corrected chi connectivity index (χ3v) is 2.40. The van der Waals surface area contributed by atoms with Gasteiger partial charge in [0.1, 0.15) is 11.3 Å². The number of hydrogen-bond acceptors (Lipinski definition) is 4. The average molecular weight is 273 g/mol. The van der Waals surface area contributed by atoms with Gasteiger partial charge in [-0.1, -0.05) is 19.0 Å². The maximum absolute atomic E-state index is 12.4. The lowest BCUT2D eigenvalue weighted by Crippen LogP contribution is -2.21. The molecule has 2 aromatic rings. The predicted octanol–water partition coefficient (Wildman–Crippen LogP) is 2.57. The Morgan fingerprint density at radius 1 is 1.32 bits per heavy atom. The highest BCUT2D eigenvalue weighted by atomic mass is 19.4. The van der Waals surface area contributed by atoms with Crippen LogP contribution in [0.5, 0.6) is 0 Å². The number of alkyl halides is 3. The van der Waals surface area contributed by atoms with Gasteiger partial charge in [-0.15, -0.1) is 0 Å². The van der Waals surface area contributed by atoms with Gasteiger partial charge >= 0.3 is 6.18 Å². The topological polar surface area (TPSA) is 71.8 Å².